The molecule has 5 nitrogen and oxygen atoms in total. The Morgan fingerprint density at radius 2 is 1.94 bits per heavy atom. The average Bonchev–Trinajstić information content (AvgIpc) is 2.16. The van der Waals surface area contributed by atoms with E-state index < -0.39 is 11.9 Å². The van der Waals surface area contributed by atoms with Crippen LogP contribution in [-0.4, -0.2) is 41.1 Å². The molecule has 0 heterocycles. The molecule has 0 aromatic heterocycles. The molecule has 0 radical (unpaired) electrons. The van der Waals surface area contributed by atoms with Crippen LogP contribution >= 0.6 is 0 Å². The molecule has 0 aliphatic heterocycles. The van der Waals surface area contributed by atoms with Crippen LogP contribution in [-0.2, 0) is 4.79 Å². The fraction of sp³-hybridized carbons (Fsp3) is 0.818. The highest BCUT2D eigenvalue weighted by molar-refractivity contribution is 5.76. The predicted molar refractivity (Wildman–Crippen MR) is 62.3 cm³/mol. The van der Waals surface area contributed by atoms with Crippen molar-refractivity contribution in [1.29, 1.82) is 0 Å². The molecular weight excluding hydrogens is 208 g/mol. The van der Waals surface area contributed by atoms with E-state index in [0.29, 0.717) is 0 Å². The van der Waals surface area contributed by atoms with Crippen molar-refractivity contribution in [2.75, 3.05) is 13.6 Å². The minimum atomic E-state index is -0.894. The minimum absolute atomic E-state index is 0.209. The van der Waals surface area contributed by atoms with Gasteiger partial charge in [0.1, 0.15) is 0 Å². The SMILES string of the molecule is CCC(C)(C)NC(=O)N(C)CC(C)C(=O)O. The zero-order chi connectivity index (χ0) is 12.9. The lowest BCUT2D eigenvalue weighted by atomic mass is 10.0. The molecule has 1 unspecified atom stereocenters. The van der Waals surface area contributed by atoms with Gasteiger partial charge in [0.2, 0.25) is 0 Å². The molecule has 0 aliphatic carbocycles. The van der Waals surface area contributed by atoms with Crippen molar-refractivity contribution < 1.29 is 14.7 Å². The summed E-state index contributed by atoms with van der Waals surface area (Å²) in [6.07, 6.45) is 0.821. The first-order chi connectivity index (χ1) is 7.19. The van der Waals surface area contributed by atoms with Gasteiger partial charge in [0.25, 0.3) is 0 Å². The second kappa shape index (κ2) is 5.72. The summed E-state index contributed by atoms with van der Waals surface area (Å²) in [5, 5.41) is 11.6. The van der Waals surface area contributed by atoms with Gasteiger partial charge in [-0.3, -0.25) is 4.79 Å². The molecule has 5 heteroatoms. The van der Waals surface area contributed by atoms with Crippen LogP contribution in [0.4, 0.5) is 4.79 Å². The molecule has 0 saturated carbocycles. The van der Waals surface area contributed by atoms with Crippen molar-refractivity contribution in [1.82, 2.24) is 10.2 Å². The second-order valence-electron chi connectivity index (χ2n) is 4.79. The molecule has 16 heavy (non-hydrogen) atoms. The van der Waals surface area contributed by atoms with Crippen LogP contribution in [0.5, 0.6) is 0 Å². The molecule has 2 amide bonds. The number of amides is 2. The predicted octanol–water partition coefficient (Wildman–Crippen LogP) is 1.54. The molecular formula is C11H22N2O3. The number of urea groups is 1. The first-order valence-corrected chi connectivity index (χ1v) is 5.45. The second-order valence-corrected chi connectivity index (χ2v) is 4.79. The van der Waals surface area contributed by atoms with Gasteiger partial charge in [-0.05, 0) is 20.3 Å². The third kappa shape index (κ3) is 5.00. The summed E-state index contributed by atoms with van der Waals surface area (Å²) in [6.45, 7) is 7.64. The lowest BCUT2D eigenvalue weighted by molar-refractivity contribution is -0.141. The minimum Gasteiger partial charge on any atom is -0.481 e. The molecule has 0 aromatic carbocycles. The average molecular weight is 230 g/mol. The Morgan fingerprint density at radius 3 is 2.31 bits per heavy atom. The van der Waals surface area contributed by atoms with E-state index in [1.807, 2.05) is 20.8 Å². The van der Waals surface area contributed by atoms with Crippen LogP contribution in [0.15, 0.2) is 0 Å². The van der Waals surface area contributed by atoms with Crippen molar-refractivity contribution in [3.63, 3.8) is 0 Å². The molecule has 0 aliphatic rings. The highest BCUT2D eigenvalue weighted by atomic mass is 16.4. The third-order valence-corrected chi connectivity index (χ3v) is 2.65. The van der Waals surface area contributed by atoms with E-state index in [4.69, 9.17) is 5.11 Å². The third-order valence-electron chi connectivity index (χ3n) is 2.65. The van der Waals surface area contributed by atoms with E-state index in [1.54, 1.807) is 14.0 Å². The molecule has 0 saturated heterocycles. The van der Waals surface area contributed by atoms with E-state index in [-0.39, 0.29) is 18.1 Å². The van der Waals surface area contributed by atoms with Crippen molar-refractivity contribution in [2.24, 2.45) is 5.92 Å². The summed E-state index contributed by atoms with van der Waals surface area (Å²) in [5.41, 5.74) is -0.266. The Morgan fingerprint density at radius 1 is 1.44 bits per heavy atom. The van der Waals surface area contributed by atoms with Gasteiger partial charge in [-0.15, -0.1) is 0 Å². The van der Waals surface area contributed by atoms with E-state index in [9.17, 15) is 9.59 Å². The first kappa shape index (κ1) is 14.7. The largest absolute Gasteiger partial charge is 0.481 e. The van der Waals surface area contributed by atoms with Gasteiger partial charge in [-0.1, -0.05) is 13.8 Å². The monoisotopic (exact) mass is 230 g/mol. The van der Waals surface area contributed by atoms with Crippen LogP contribution in [0.1, 0.15) is 34.1 Å². The summed E-state index contributed by atoms with van der Waals surface area (Å²) < 4.78 is 0. The van der Waals surface area contributed by atoms with Crippen LogP contribution < -0.4 is 5.32 Å². The molecule has 2 N–H and O–H groups in total. The maximum absolute atomic E-state index is 11.7. The van der Waals surface area contributed by atoms with Gasteiger partial charge in [0.15, 0.2) is 0 Å². The Balaban J connectivity index is 4.25. The number of carbonyl (C=O) groups excluding carboxylic acids is 1. The molecule has 0 aromatic rings. The maximum Gasteiger partial charge on any atom is 0.317 e. The standard InChI is InChI=1S/C11H22N2O3/c1-6-11(3,4)12-10(16)13(5)7-8(2)9(14)15/h8H,6-7H2,1-5H3,(H,12,16)(H,14,15). The maximum atomic E-state index is 11.7. The number of nitrogens with one attached hydrogen (secondary N) is 1. The zero-order valence-corrected chi connectivity index (χ0v) is 10.7. The molecule has 0 rings (SSSR count). The number of nitrogens with zero attached hydrogens (tertiary/aromatic N) is 1. The first-order valence-electron chi connectivity index (χ1n) is 5.45. The summed E-state index contributed by atoms with van der Waals surface area (Å²) in [5.74, 6) is -1.45. The fourth-order valence-electron chi connectivity index (χ4n) is 1.05. The summed E-state index contributed by atoms with van der Waals surface area (Å²) in [7, 11) is 1.60. The molecule has 0 bridgehead atoms. The topological polar surface area (TPSA) is 69.6 Å². The molecule has 0 fully saturated rings. The Labute approximate surface area is 96.8 Å². The van der Waals surface area contributed by atoms with Crippen molar-refractivity contribution >= 4 is 12.0 Å². The van der Waals surface area contributed by atoms with Gasteiger partial charge < -0.3 is 15.3 Å². The van der Waals surface area contributed by atoms with Crippen LogP contribution in [0.25, 0.3) is 0 Å². The van der Waals surface area contributed by atoms with Crippen LogP contribution in [0.3, 0.4) is 0 Å². The lowest BCUT2D eigenvalue weighted by Crippen LogP contribution is -2.49. The van der Waals surface area contributed by atoms with E-state index in [1.165, 1.54) is 4.90 Å². The highest BCUT2D eigenvalue weighted by Gasteiger charge is 2.22. The van der Waals surface area contributed by atoms with Crippen molar-refractivity contribution in [3.8, 4) is 0 Å². The smallest absolute Gasteiger partial charge is 0.317 e. The normalized spacial score (nSPS) is 13.1. The zero-order valence-electron chi connectivity index (χ0n) is 10.7. The van der Waals surface area contributed by atoms with Gasteiger partial charge in [-0.2, -0.15) is 0 Å². The number of rotatable bonds is 5. The number of carboxylic acid groups (broad SMARTS) is 1. The van der Waals surface area contributed by atoms with E-state index >= 15 is 0 Å². The number of carbonyl (C=O) groups is 2. The lowest BCUT2D eigenvalue weighted by Gasteiger charge is -2.28. The van der Waals surface area contributed by atoms with Crippen LogP contribution in [0.2, 0.25) is 0 Å². The van der Waals surface area contributed by atoms with Gasteiger partial charge in [0.05, 0.1) is 5.92 Å². The molecule has 1 atom stereocenters. The van der Waals surface area contributed by atoms with Gasteiger partial charge >= 0.3 is 12.0 Å². The van der Waals surface area contributed by atoms with Gasteiger partial charge in [0, 0.05) is 19.1 Å². The number of hydrogen-bond acceptors (Lipinski definition) is 2. The van der Waals surface area contributed by atoms with E-state index in [0.717, 1.165) is 6.42 Å². The van der Waals surface area contributed by atoms with E-state index in [2.05, 4.69) is 5.32 Å². The molecule has 0 spiro atoms. The van der Waals surface area contributed by atoms with Gasteiger partial charge in [-0.25, -0.2) is 4.79 Å². The number of hydrogen-bond donors (Lipinski definition) is 2. The Hall–Kier alpha value is -1.26. The summed E-state index contributed by atoms with van der Waals surface area (Å²) >= 11 is 0. The number of carboxylic acids is 1. The summed E-state index contributed by atoms with van der Waals surface area (Å²) in [6, 6.07) is -0.236. The van der Waals surface area contributed by atoms with Crippen molar-refractivity contribution in [2.45, 2.75) is 39.7 Å². The summed E-state index contributed by atoms with van der Waals surface area (Å²) in [4.78, 5) is 23.7. The van der Waals surface area contributed by atoms with Crippen molar-refractivity contribution in [3.05, 3.63) is 0 Å². The fourth-order valence-corrected chi connectivity index (χ4v) is 1.05. The number of aliphatic carboxylic acids is 1. The van der Waals surface area contributed by atoms with Crippen LogP contribution in [0, 0.1) is 5.92 Å². The molecule has 94 valence electrons. The highest BCUT2D eigenvalue weighted by Crippen LogP contribution is 2.08. The quantitative estimate of drug-likeness (QED) is 0.752. The Kier molecular flexibility index (Phi) is 5.27. The Bertz CT molecular complexity index is 264.